The quantitative estimate of drug-likeness (QED) is 0.935. The fourth-order valence-electron chi connectivity index (χ4n) is 1.43. The van der Waals surface area contributed by atoms with Gasteiger partial charge in [-0.25, -0.2) is 0 Å². The lowest BCUT2D eigenvalue weighted by molar-refractivity contribution is 0.420. The van der Waals surface area contributed by atoms with Crippen molar-refractivity contribution in [1.82, 2.24) is 10.5 Å². The lowest BCUT2D eigenvalue weighted by Gasteiger charge is -1.95. The molecular weight excluding hydrogens is 268 g/mol. The van der Waals surface area contributed by atoms with Crippen molar-refractivity contribution in [3.8, 4) is 11.3 Å². The molecule has 0 amide bonds. The summed E-state index contributed by atoms with van der Waals surface area (Å²) in [4.78, 5) is 0. The lowest BCUT2D eigenvalue weighted by atomic mass is 10.2. The Morgan fingerprint density at radius 2 is 2.25 bits per heavy atom. The maximum atomic E-state index is 5.29. The maximum Gasteiger partial charge on any atom is 0.167 e. The summed E-state index contributed by atoms with van der Waals surface area (Å²) in [6.07, 6.45) is 0. The second-order valence-electron chi connectivity index (χ2n) is 3.47. The van der Waals surface area contributed by atoms with Gasteiger partial charge in [0.25, 0.3) is 0 Å². The summed E-state index contributed by atoms with van der Waals surface area (Å²) < 4.78 is 6.33. The van der Waals surface area contributed by atoms with Crippen LogP contribution >= 0.6 is 15.9 Å². The van der Waals surface area contributed by atoms with Crippen molar-refractivity contribution in [2.45, 2.75) is 13.5 Å². The highest BCUT2D eigenvalue weighted by Crippen LogP contribution is 2.23. The fourth-order valence-corrected chi connectivity index (χ4v) is 1.83. The van der Waals surface area contributed by atoms with Gasteiger partial charge in [0, 0.05) is 22.6 Å². The first kappa shape index (κ1) is 11.4. The number of rotatable bonds is 4. The van der Waals surface area contributed by atoms with E-state index in [2.05, 4.69) is 33.3 Å². The zero-order valence-corrected chi connectivity index (χ0v) is 10.6. The number of benzene rings is 1. The average Bonchev–Trinajstić information content (AvgIpc) is 2.75. The van der Waals surface area contributed by atoms with Crippen LogP contribution in [0.3, 0.4) is 0 Å². The maximum absolute atomic E-state index is 5.29. The number of nitrogens with zero attached hydrogens (tertiary/aromatic N) is 1. The van der Waals surface area contributed by atoms with E-state index in [1.165, 1.54) is 0 Å². The molecule has 0 saturated heterocycles. The Balaban J connectivity index is 2.18. The lowest BCUT2D eigenvalue weighted by Crippen LogP contribution is -2.11. The minimum Gasteiger partial charge on any atom is -0.356 e. The molecule has 0 aliphatic carbocycles. The first-order valence-electron chi connectivity index (χ1n) is 5.22. The van der Waals surface area contributed by atoms with Crippen LogP contribution in [0.25, 0.3) is 11.3 Å². The fraction of sp³-hybridized carbons (Fsp3) is 0.250. The van der Waals surface area contributed by atoms with E-state index in [1.807, 2.05) is 30.3 Å². The predicted molar refractivity (Wildman–Crippen MR) is 67.0 cm³/mol. The summed E-state index contributed by atoms with van der Waals surface area (Å²) in [5.41, 5.74) is 1.96. The Kier molecular flexibility index (Phi) is 3.74. The number of halogens is 1. The summed E-state index contributed by atoms with van der Waals surface area (Å²) in [5, 5.41) is 7.22. The molecule has 4 heteroatoms. The molecule has 0 atom stereocenters. The molecule has 0 radical (unpaired) electrons. The molecule has 1 aromatic heterocycles. The summed E-state index contributed by atoms with van der Waals surface area (Å²) >= 11 is 3.43. The Morgan fingerprint density at radius 1 is 1.38 bits per heavy atom. The van der Waals surface area contributed by atoms with Crippen LogP contribution in [0.1, 0.15) is 12.6 Å². The van der Waals surface area contributed by atoms with E-state index in [0.717, 1.165) is 34.6 Å². The van der Waals surface area contributed by atoms with Crippen molar-refractivity contribution in [2.24, 2.45) is 0 Å². The molecule has 0 aliphatic rings. The number of hydrogen-bond donors (Lipinski definition) is 1. The zero-order valence-electron chi connectivity index (χ0n) is 9.03. The third-order valence-electron chi connectivity index (χ3n) is 2.22. The SMILES string of the molecule is CCNCc1cc(-c2cccc(Br)c2)on1. The molecule has 84 valence electrons. The van der Waals surface area contributed by atoms with Gasteiger partial charge in [0.15, 0.2) is 5.76 Å². The summed E-state index contributed by atoms with van der Waals surface area (Å²) in [7, 11) is 0. The van der Waals surface area contributed by atoms with Crippen molar-refractivity contribution in [1.29, 1.82) is 0 Å². The van der Waals surface area contributed by atoms with Crippen LogP contribution in [0.4, 0.5) is 0 Å². The van der Waals surface area contributed by atoms with Crippen LogP contribution in [-0.4, -0.2) is 11.7 Å². The molecule has 16 heavy (non-hydrogen) atoms. The minimum absolute atomic E-state index is 0.744. The van der Waals surface area contributed by atoms with E-state index >= 15 is 0 Å². The molecule has 0 fully saturated rings. The third kappa shape index (κ3) is 2.71. The van der Waals surface area contributed by atoms with Crippen LogP contribution < -0.4 is 5.32 Å². The molecule has 3 nitrogen and oxygen atoms in total. The van der Waals surface area contributed by atoms with Gasteiger partial charge in [-0.3, -0.25) is 0 Å². The Morgan fingerprint density at radius 3 is 3.00 bits per heavy atom. The summed E-state index contributed by atoms with van der Waals surface area (Å²) in [6.45, 7) is 3.74. The van der Waals surface area contributed by atoms with Crippen LogP contribution in [0.15, 0.2) is 39.3 Å². The molecule has 0 bridgehead atoms. The van der Waals surface area contributed by atoms with Gasteiger partial charge in [0.1, 0.15) is 0 Å². The second kappa shape index (κ2) is 5.27. The smallest absolute Gasteiger partial charge is 0.167 e. The van der Waals surface area contributed by atoms with Crippen molar-refractivity contribution < 1.29 is 4.52 Å². The second-order valence-corrected chi connectivity index (χ2v) is 4.39. The van der Waals surface area contributed by atoms with E-state index in [4.69, 9.17) is 4.52 Å². The zero-order chi connectivity index (χ0) is 11.4. The van der Waals surface area contributed by atoms with E-state index in [0.29, 0.717) is 0 Å². The van der Waals surface area contributed by atoms with E-state index < -0.39 is 0 Å². The van der Waals surface area contributed by atoms with Crippen LogP contribution in [0, 0.1) is 0 Å². The molecule has 2 rings (SSSR count). The normalized spacial score (nSPS) is 10.6. The highest BCUT2D eigenvalue weighted by Gasteiger charge is 2.06. The Hall–Kier alpha value is -1.13. The number of hydrogen-bond acceptors (Lipinski definition) is 3. The standard InChI is InChI=1S/C12H13BrN2O/c1-2-14-8-11-7-12(16-15-11)9-4-3-5-10(13)6-9/h3-7,14H,2,8H2,1H3. The van der Waals surface area contributed by atoms with Crippen LogP contribution in [0.5, 0.6) is 0 Å². The van der Waals surface area contributed by atoms with Gasteiger partial charge >= 0.3 is 0 Å². The first-order valence-corrected chi connectivity index (χ1v) is 6.01. The van der Waals surface area contributed by atoms with Gasteiger partial charge in [-0.15, -0.1) is 0 Å². The third-order valence-corrected chi connectivity index (χ3v) is 2.72. The van der Waals surface area contributed by atoms with Gasteiger partial charge in [-0.1, -0.05) is 40.1 Å². The van der Waals surface area contributed by atoms with Crippen LogP contribution in [-0.2, 0) is 6.54 Å². The highest BCUT2D eigenvalue weighted by molar-refractivity contribution is 9.10. The molecule has 0 saturated carbocycles. The molecule has 0 spiro atoms. The van der Waals surface area contributed by atoms with Crippen molar-refractivity contribution in [2.75, 3.05) is 6.54 Å². The molecule has 1 N–H and O–H groups in total. The molecular formula is C12H13BrN2O. The van der Waals surface area contributed by atoms with Gasteiger partial charge in [-0.2, -0.15) is 0 Å². The molecule has 1 heterocycles. The predicted octanol–water partition coefficient (Wildman–Crippen LogP) is 3.21. The van der Waals surface area contributed by atoms with Gasteiger partial charge in [0.2, 0.25) is 0 Å². The van der Waals surface area contributed by atoms with Gasteiger partial charge < -0.3 is 9.84 Å². The highest BCUT2D eigenvalue weighted by atomic mass is 79.9. The topological polar surface area (TPSA) is 38.1 Å². The van der Waals surface area contributed by atoms with Gasteiger partial charge in [-0.05, 0) is 18.7 Å². The Bertz CT molecular complexity index is 468. The largest absolute Gasteiger partial charge is 0.356 e. The minimum atomic E-state index is 0.744. The van der Waals surface area contributed by atoms with Crippen molar-refractivity contribution in [3.63, 3.8) is 0 Å². The first-order chi connectivity index (χ1) is 7.79. The van der Waals surface area contributed by atoms with E-state index in [9.17, 15) is 0 Å². The van der Waals surface area contributed by atoms with Gasteiger partial charge in [0.05, 0.1) is 5.69 Å². The van der Waals surface area contributed by atoms with Crippen molar-refractivity contribution >= 4 is 15.9 Å². The average molecular weight is 281 g/mol. The van der Waals surface area contributed by atoms with E-state index in [1.54, 1.807) is 0 Å². The number of aromatic nitrogens is 1. The summed E-state index contributed by atoms with van der Waals surface area (Å²) in [5.74, 6) is 0.800. The monoisotopic (exact) mass is 280 g/mol. The van der Waals surface area contributed by atoms with E-state index in [-0.39, 0.29) is 0 Å². The molecule has 0 unspecified atom stereocenters. The molecule has 1 aromatic carbocycles. The van der Waals surface area contributed by atoms with Crippen LogP contribution in [0.2, 0.25) is 0 Å². The Labute approximate surface area is 103 Å². The summed E-state index contributed by atoms with van der Waals surface area (Å²) in [6, 6.07) is 9.94. The number of nitrogens with one attached hydrogen (secondary N) is 1. The molecule has 0 aliphatic heterocycles. The van der Waals surface area contributed by atoms with Crippen molar-refractivity contribution in [3.05, 3.63) is 40.5 Å². The molecule has 2 aromatic rings.